The minimum atomic E-state index is 0. The van der Waals surface area contributed by atoms with Crippen LogP contribution in [0.25, 0.3) is 0 Å². The molecule has 0 saturated heterocycles. The second-order valence-corrected chi connectivity index (χ2v) is 3.37. The van der Waals surface area contributed by atoms with E-state index in [1.54, 1.807) is 0 Å². The van der Waals surface area contributed by atoms with Crippen LogP contribution in [-0.2, 0) is 0 Å². The molecule has 0 amide bonds. The maximum absolute atomic E-state index is 3.61. The first kappa shape index (κ1) is 11.3. The van der Waals surface area contributed by atoms with Gasteiger partial charge in [0.15, 0.2) is 0 Å². The molecule has 0 aromatic rings. The Morgan fingerprint density at radius 3 is 1.75 bits per heavy atom. The van der Waals surface area contributed by atoms with E-state index in [0.717, 1.165) is 15.0 Å². The Morgan fingerprint density at radius 2 is 1.50 bits per heavy atom. The molecule has 0 aromatic heterocycles. The summed E-state index contributed by atoms with van der Waals surface area (Å²) in [5.74, 6) is 0. The zero-order valence-corrected chi connectivity index (χ0v) is 8.23. The smallest absolute Gasteiger partial charge is 0.153 e. The molecule has 48 valence electrons. The molecule has 0 fully saturated rings. The predicted molar refractivity (Wildman–Crippen MR) is 46.9 cm³/mol. The van der Waals surface area contributed by atoms with Crippen molar-refractivity contribution in [3.63, 3.8) is 0 Å². The van der Waals surface area contributed by atoms with Gasteiger partial charge in [-0.05, 0) is 0 Å². The van der Waals surface area contributed by atoms with Gasteiger partial charge in [-0.1, -0.05) is 0 Å². The molecule has 0 rings (SSSR count). The van der Waals surface area contributed by atoms with Crippen LogP contribution in [0, 0.1) is 0 Å². The van der Waals surface area contributed by atoms with Crippen molar-refractivity contribution in [3.8, 4) is 0 Å². The summed E-state index contributed by atoms with van der Waals surface area (Å²) in [4.78, 5) is 0. The van der Waals surface area contributed by atoms with Crippen LogP contribution in [0.5, 0.6) is 0 Å². The first-order valence-corrected chi connectivity index (χ1v) is 4.63. The van der Waals surface area contributed by atoms with E-state index in [-0.39, 0.29) is 9.90 Å². The molecule has 0 aliphatic carbocycles. The number of rotatable bonds is 4. The maximum atomic E-state index is 3.61. The zero-order valence-electron chi connectivity index (χ0n) is 5.10. The van der Waals surface area contributed by atoms with E-state index in [1.807, 2.05) is 12.2 Å². The topological polar surface area (TPSA) is 0 Å². The van der Waals surface area contributed by atoms with Crippen LogP contribution in [0.1, 0.15) is 0 Å². The van der Waals surface area contributed by atoms with E-state index >= 15 is 0 Å². The van der Waals surface area contributed by atoms with E-state index in [9.17, 15) is 0 Å². The third-order valence-electron chi connectivity index (χ3n) is 0.471. The molecule has 0 spiro atoms. The molecule has 2 heteroatoms. The second-order valence-electron chi connectivity index (χ2n) is 1.11. The summed E-state index contributed by atoms with van der Waals surface area (Å²) in [6, 6.07) is 0. The van der Waals surface area contributed by atoms with Gasteiger partial charge < -0.3 is 0 Å². The average molecular weight is 195 g/mol. The summed E-state index contributed by atoms with van der Waals surface area (Å²) in [6.07, 6.45) is 3.92. The molecule has 0 aromatic carbocycles. The maximum Gasteiger partial charge on any atom is -0.153 e. The molecule has 0 nitrogen and oxygen atoms in total. The van der Waals surface area contributed by atoms with Crippen molar-refractivity contribution < 1.29 is 0 Å². The van der Waals surface area contributed by atoms with Crippen molar-refractivity contribution >= 4 is 24.9 Å². The molecule has 0 aliphatic rings. The SMILES string of the molecule is C=CC[Se]CC=C.P. The Balaban J connectivity index is 0. The van der Waals surface area contributed by atoms with E-state index in [1.165, 1.54) is 10.6 Å². The summed E-state index contributed by atoms with van der Waals surface area (Å²) in [5, 5.41) is 2.36. The van der Waals surface area contributed by atoms with Crippen molar-refractivity contribution in [1.29, 1.82) is 0 Å². The molecule has 0 N–H and O–H groups in total. The van der Waals surface area contributed by atoms with E-state index in [4.69, 9.17) is 0 Å². The quantitative estimate of drug-likeness (QED) is 0.278. The normalized spacial score (nSPS) is 7.00. The third-order valence-corrected chi connectivity index (χ3v) is 2.45. The van der Waals surface area contributed by atoms with E-state index in [2.05, 4.69) is 13.2 Å². The molecule has 0 saturated carbocycles. The fraction of sp³-hybridized carbons (Fsp3) is 0.333. The van der Waals surface area contributed by atoms with Gasteiger partial charge in [-0.3, -0.25) is 0 Å². The molecule has 0 heterocycles. The Bertz CT molecular complexity index is 53.5. The summed E-state index contributed by atoms with van der Waals surface area (Å²) in [5.41, 5.74) is 0. The fourth-order valence-corrected chi connectivity index (χ4v) is 1.22. The second kappa shape index (κ2) is 10.4. The zero-order chi connectivity index (χ0) is 5.54. The fourth-order valence-electron chi connectivity index (χ4n) is 0.235. The van der Waals surface area contributed by atoms with Crippen molar-refractivity contribution in [2.24, 2.45) is 0 Å². The van der Waals surface area contributed by atoms with Gasteiger partial charge in [0.05, 0.1) is 0 Å². The number of allylic oxidation sites excluding steroid dienone is 2. The van der Waals surface area contributed by atoms with E-state index < -0.39 is 0 Å². The van der Waals surface area contributed by atoms with Crippen molar-refractivity contribution in [1.82, 2.24) is 0 Å². The first-order valence-electron chi connectivity index (χ1n) is 2.21. The molecule has 1 unspecified atom stereocenters. The molecule has 0 radical (unpaired) electrons. The molecule has 0 aliphatic heterocycles. The van der Waals surface area contributed by atoms with Gasteiger partial charge in [-0.15, -0.1) is 0 Å². The van der Waals surface area contributed by atoms with Gasteiger partial charge in [0.25, 0.3) is 0 Å². The van der Waals surface area contributed by atoms with Gasteiger partial charge in [0.1, 0.15) is 0 Å². The van der Waals surface area contributed by atoms with Gasteiger partial charge in [-0.25, -0.2) is 0 Å². The number of hydrogen-bond acceptors (Lipinski definition) is 0. The van der Waals surface area contributed by atoms with Crippen LogP contribution in [0.2, 0.25) is 10.6 Å². The summed E-state index contributed by atoms with van der Waals surface area (Å²) in [7, 11) is 0. The van der Waals surface area contributed by atoms with E-state index in [0.29, 0.717) is 0 Å². The summed E-state index contributed by atoms with van der Waals surface area (Å²) in [6.45, 7) is 7.23. The average Bonchev–Trinajstić information content (AvgIpc) is 1.69. The first-order chi connectivity index (χ1) is 3.41. The van der Waals surface area contributed by atoms with Crippen LogP contribution in [0.15, 0.2) is 25.3 Å². The van der Waals surface area contributed by atoms with Crippen LogP contribution in [0.3, 0.4) is 0 Å². The molecular weight excluding hydrogens is 182 g/mol. The third kappa shape index (κ3) is 9.66. The molecule has 1 atom stereocenters. The Morgan fingerprint density at radius 1 is 1.12 bits per heavy atom. The summed E-state index contributed by atoms with van der Waals surface area (Å²) >= 11 is 0.740. The monoisotopic (exact) mass is 196 g/mol. The van der Waals surface area contributed by atoms with Crippen molar-refractivity contribution in [2.75, 3.05) is 0 Å². The minimum absolute atomic E-state index is 0. The van der Waals surface area contributed by atoms with Gasteiger partial charge in [0.2, 0.25) is 0 Å². The van der Waals surface area contributed by atoms with Gasteiger partial charge in [0, 0.05) is 0 Å². The van der Waals surface area contributed by atoms with Gasteiger partial charge in [-0.2, -0.15) is 9.90 Å². The Kier molecular flexibility index (Phi) is 14.7. The molecule has 0 bridgehead atoms. The van der Waals surface area contributed by atoms with Crippen LogP contribution in [-0.4, -0.2) is 15.0 Å². The minimum Gasteiger partial charge on any atom is -0.153 e. The Labute approximate surface area is 61.2 Å². The van der Waals surface area contributed by atoms with Crippen LogP contribution < -0.4 is 0 Å². The predicted octanol–water partition coefficient (Wildman–Crippen LogP) is 1.96. The summed E-state index contributed by atoms with van der Waals surface area (Å²) < 4.78 is 0. The van der Waals surface area contributed by atoms with Gasteiger partial charge >= 0.3 is 50.9 Å². The standard InChI is InChI=1S/C6H10Se.H3P/c1-3-5-7-6-4-2;/h3-4H,1-2,5-6H2;1H3. The van der Waals surface area contributed by atoms with Crippen LogP contribution >= 0.6 is 9.90 Å². The van der Waals surface area contributed by atoms with Crippen molar-refractivity contribution in [2.45, 2.75) is 10.6 Å². The molecule has 8 heavy (non-hydrogen) atoms. The largest absolute Gasteiger partial charge is 0.153 e. The van der Waals surface area contributed by atoms with Crippen LogP contribution in [0.4, 0.5) is 0 Å². The Hall–Kier alpha value is 0.429. The molecular formula is C6H13PSe. The number of hydrogen-bond donors (Lipinski definition) is 0. The van der Waals surface area contributed by atoms with Crippen molar-refractivity contribution in [3.05, 3.63) is 25.3 Å².